The van der Waals surface area contributed by atoms with Crippen LogP contribution in [0.3, 0.4) is 0 Å². The molecule has 4 nitrogen and oxygen atoms in total. The zero-order chi connectivity index (χ0) is 9.97. The number of nitrogens with zero attached hydrogens (tertiary/aromatic N) is 3. The molecule has 2 aromatic rings. The van der Waals surface area contributed by atoms with Crippen molar-refractivity contribution in [2.24, 2.45) is 0 Å². The number of pyridine rings is 1. The lowest BCUT2D eigenvalue weighted by atomic mass is 10.2. The van der Waals surface area contributed by atoms with Crippen molar-refractivity contribution in [1.29, 1.82) is 0 Å². The van der Waals surface area contributed by atoms with Crippen molar-refractivity contribution >= 4 is 21.7 Å². The average molecular weight is 251 g/mol. The van der Waals surface area contributed by atoms with Gasteiger partial charge in [0.2, 0.25) is 0 Å². The van der Waals surface area contributed by atoms with Crippen molar-refractivity contribution in [2.45, 2.75) is 0 Å². The Morgan fingerprint density at radius 3 is 2.50 bits per heavy atom. The van der Waals surface area contributed by atoms with Crippen LogP contribution in [0.5, 0.6) is 0 Å². The second-order valence-corrected chi connectivity index (χ2v) is 3.58. The second kappa shape index (κ2) is 3.71. The normalized spacial score (nSPS) is 10.1. The Kier molecular flexibility index (Phi) is 2.41. The minimum Gasteiger partial charge on any atom is -0.383 e. The Bertz CT molecular complexity index is 441. The summed E-state index contributed by atoms with van der Waals surface area (Å²) in [5, 5.41) is 0. The summed E-state index contributed by atoms with van der Waals surface area (Å²) < 4.78 is 0.837. The third-order valence-electron chi connectivity index (χ3n) is 1.70. The number of hydrogen-bond donors (Lipinski definition) is 1. The van der Waals surface area contributed by atoms with Gasteiger partial charge in [-0.1, -0.05) is 0 Å². The predicted octanol–water partition coefficient (Wildman–Crippen LogP) is 1.88. The van der Waals surface area contributed by atoms with Crippen LogP contribution in [-0.2, 0) is 0 Å². The van der Waals surface area contributed by atoms with E-state index in [-0.39, 0.29) is 0 Å². The first kappa shape index (κ1) is 9.08. The molecule has 0 aromatic carbocycles. The van der Waals surface area contributed by atoms with Gasteiger partial charge in [0.05, 0.1) is 10.0 Å². The van der Waals surface area contributed by atoms with Gasteiger partial charge in [-0.2, -0.15) is 0 Å². The Labute approximate surface area is 89.4 Å². The maximum Gasteiger partial charge on any atom is 0.162 e. The predicted molar refractivity (Wildman–Crippen MR) is 57.4 cm³/mol. The van der Waals surface area contributed by atoms with E-state index in [0.29, 0.717) is 11.6 Å². The van der Waals surface area contributed by atoms with Crippen molar-refractivity contribution in [1.82, 2.24) is 15.0 Å². The van der Waals surface area contributed by atoms with Gasteiger partial charge in [0, 0.05) is 18.6 Å². The van der Waals surface area contributed by atoms with Crippen LogP contribution < -0.4 is 5.73 Å². The monoisotopic (exact) mass is 250 g/mol. The summed E-state index contributed by atoms with van der Waals surface area (Å²) in [5.41, 5.74) is 6.44. The summed E-state index contributed by atoms with van der Waals surface area (Å²) in [4.78, 5) is 12.2. The van der Waals surface area contributed by atoms with Gasteiger partial charge in [-0.05, 0) is 28.1 Å². The van der Waals surface area contributed by atoms with Gasteiger partial charge in [0.15, 0.2) is 5.82 Å². The maximum atomic E-state index is 5.69. The molecule has 2 heterocycles. The fraction of sp³-hybridized carbons (Fsp3) is 0. The van der Waals surface area contributed by atoms with Crippen LogP contribution in [0.15, 0.2) is 35.2 Å². The van der Waals surface area contributed by atoms with Gasteiger partial charge < -0.3 is 5.73 Å². The topological polar surface area (TPSA) is 64.7 Å². The lowest BCUT2D eigenvalue weighted by Gasteiger charge is -2.01. The third-order valence-corrected chi connectivity index (χ3v) is 2.11. The minimum absolute atomic E-state index is 0.440. The van der Waals surface area contributed by atoms with E-state index in [1.54, 1.807) is 24.7 Å². The molecule has 0 bridgehead atoms. The molecule has 0 atom stereocenters. The quantitative estimate of drug-likeness (QED) is 0.840. The summed E-state index contributed by atoms with van der Waals surface area (Å²) in [6.45, 7) is 0. The number of nitrogen functional groups attached to an aromatic ring is 1. The molecule has 0 spiro atoms. The fourth-order valence-electron chi connectivity index (χ4n) is 1.06. The summed E-state index contributed by atoms with van der Waals surface area (Å²) in [7, 11) is 0. The van der Waals surface area contributed by atoms with E-state index in [1.807, 2.05) is 6.07 Å². The summed E-state index contributed by atoms with van der Waals surface area (Å²) in [5.74, 6) is 1.02. The van der Waals surface area contributed by atoms with Gasteiger partial charge in [0.25, 0.3) is 0 Å². The molecule has 0 aliphatic rings. The summed E-state index contributed by atoms with van der Waals surface area (Å²) in [6, 6.07) is 3.64. The molecule has 0 saturated carbocycles. The molecule has 0 fully saturated rings. The Morgan fingerprint density at radius 2 is 1.86 bits per heavy atom. The first-order valence-corrected chi connectivity index (χ1v) is 4.75. The third kappa shape index (κ3) is 1.72. The van der Waals surface area contributed by atoms with Gasteiger partial charge in [-0.15, -0.1) is 0 Å². The van der Waals surface area contributed by atoms with Crippen LogP contribution in [0.1, 0.15) is 0 Å². The SMILES string of the molecule is Nc1ncccc1-c1ncc(Br)cn1. The van der Waals surface area contributed by atoms with Crippen molar-refractivity contribution in [2.75, 3.05) is 5.73 Å². The van der Waals surface area contributed by atoms with Crippen LogP contribution in [-0.4, -0.2) is 15.0 Å². The molecule has 2 aromatic heterocycles. The van der Waals surface area contributed by atoms with E-state index < -0.39 is 0 Å². The number of rotatable bonds is 1. The molecule has 2 N–H and O–H groups in total. The largest absolute Gasteiger partial charge is 0.383 e. The van der Waals surface area contributed by atoms with Crippen molar-refractivity contribution < 1.29 is 0 Å². The molecule has 14 heavy (non-hydrogen) atoms. The molecule has 0 aliphatic heterocycles. The molecule has 0 aliphatic carbocycles. The molecule has 0 saturated heterocycles. The van der Waals surface area contributed by atoms with Crippen LogP contribution >= 0.6 is 15.9 Å². The number of nitrogens with two attached hydrogens (primary N) is 1. The van der Waals surface area contributed by atoms with Gasteiger partial charge in [-0.25, -0.2) is 15.0 Å². The molecule has 0 unspecified atom stereocenters. The van der Waals surface area contributed by atoms with Gasteiger partial charge in [-0.3, -0.25) is 0 Å². The van der Waals surface area contributed by atoms with E-state index >= 15 is 0 Å². The lowest BCUT2D eigenvalue weighted by Crippen LogP contribution is -1.96. The molecule has 2 rings (SSSR count). The number of anilines is 1. The highest BCUT2D eigenvalue weighted by molar-refractivity contribution is 9.10. The summed E-state index contributed by atoms with van der Waals surface area (Å²) >= 11 is 3.26. The molecule has 70 valence electrons. The van der Waals surface area contributed by atoms with Gasteiger partial charge >= 0.3 is 0 Å². The minimum atomic E-state index is 0.440. The second-order valence-electron chi connectivity index (χ2n) is 2.66. The van der Waals surface area contributed by atoms with E-state index in [2.05, 4.69) is 30.9 Å². The number of hydrogen-bond acceptors (Lipinski definition) is 4. The first-order valence-electron chi connectivity index (χ1n) is 3.96. The molecule has 0 radical (unpaired) electrons. The molecule has 0 amide bonds. The highest BCUT2D eigenvalue weighted by Crippen LogP contribution is 2.19. The smallest absolute Gasteiger partial charge is 0.162 e. The molecular weight excluding hydrogens is 244 g/mol. The number of halogens is 1. The van der Waals surface area contributed by atoms with Crippen molar-refractivity contribution in [3.8, 4) is 11.4 Å². The zero-order valence-corrected chi connectivity index (χ0v) is 8.77. The van der Waals surface area contributed by atoms with Crippen molar-refractivity contribution in [3.05, 3.63) is 35.2 Å². The lowest BCUT2D eigenvalue weighted by molar-refractivity contribution is 1.15. The van der Waals surface area contributed by atoms with E-state index in [1.165, 1.54) is 0 Å². The highest BCUT2D eigenvalue weighted by Gasteiger charge is 2.04. The van der Waals surface area contributed by atoms with Crippen LogP contribution in [0.4, 0.5) is 5.82 Å². The molecular formula is C9H7BrN4. The van der Waals surface area contributed by atoms with Crippen LogP contribution in [0.2, 0.25) is 0 Å². The summed E-state index contributed by atoms with van der Waals surface area (Å²) in [6.07, 6.45) is 4.99. The first-order chi connectivity index (χ1) is 6.77. The maximum absolute atomic E-state index is 5.69. The average Bonchev–Trinajstić information content (AvgIpc) is 2.20. The molecule has 5 heteroatoms. The van der Waals surface area contributed by atoms with E-state index in [4.69, 9.17) is 5.73 Å². The van der Waals surface area contributed by atoms with E-state index in [9.17, 15) is 0 Å². The van der Waals surface area contributed by atoms with Gasteiger partial charge in [0.1, 0.15) is 5.82 Å². The van der Waals surface area contributed by atoms with Crippen molar-refractivity contribution in [3.63, 3.8) is 0 Å². The van der Waals surface area contributed by atoms with Crippen LogP contribution in [0.25, 0.3) is 11.4 Å². The fourth-order valence-corrected chi connectivity index (χ4v) is 1.26. The number of aromatic nitrogens is 3. The Hall–Kier alpha value is -1.49. The highest BCUT2D eigenvalue weighted by atomic mass is 79.9. The Balaban J connectivity index is 2.50. The standard InChI is InChI=1S/C9H7BrN4/c10-6-4-13-9(14-5-6)7-2-1-3-12-8(7)11/h1-5H,(H2,11,12). The zero-order valence-electron chi connectivity index (χ0n) is 7.18. The Morgan fingerprint density at radius 1 is 1.14 bits per heavy atom. The van der Waals surface area contributed by atoms with Crippen LogP contribution in [0, 0.1) is 0 Å². The van der Waals surface area contributed by atoms with E-state index in [0.717, 1.165) is 10.0 Å².